The average molecular weight is 431 g/mol. The highest BCUT2D eigenvalue weighted by atomic mass is 19.3. The van der Waals surface area contributed by atoms with E-state index >= 15 is 4.39 Å². The fourth-order valence-corrected chi connectivity index (χ4v) is 3.26. The van der Waals surface area contributed by atoms with E-state index in [9.17, 15) is 13.6 Å². The molecular weight excluding hydrogens is 411 g/mol. The minimum Gasteiger partial charge on any atom is -0.324 e. The lowest BCUT2D eigenvalue weighted by molar-refractivity contribution is -0.105. The predicted octanol–water partition coefficient (Wildman–Crippen LogP) is 4.11. The van der Waals surface area contributed by atoms with Gasteiger partial charge in [0.05, 0.1) is 35.4 Å². The number of alkyl halides is 2. The molecule has 0 spiro atoms. The van der Waals surface area contributed by atoms with Gasteiger partial charge in [-0.2, -0.15) is 5.10 Å². The molecule has 1 aliphatic rings. The topological polar surface area (TPSA) is 114 Å². The van der Waals surface area contributed by atoms with Gasteiger partial charge in [0.15, 0.2) is 11.5 Å². The molecule has 0 bridgehead atoms. The van der Waals surface area contributed by atoms with Gasteiger partial charge in [0.2, 0.25) is 6.41 Å². The Morgan fingerprint density at radius 2 is 1.97 bits per heavy atom. The highest BCUT2D eigenvalue weighted by Crippen LogP contribution is 2.41. The maximum absolute atomic E-state index is 15.0. The number of aromatic nitrogens is 5. The van der Waals surface area contributed by atoms with Crippen LogP contribution in [0.3, 0.4) is 0 Å². The third-order valence-corrected chi connectivity index (χ3v) is 4.75. The van der Waals surface area contributed by atoms with E-state index in [0.717, 1.165) is 0 Å². The lowest BCUT2D eigenvalue weighted by Gasteiger charge is -2.17. The number of halogens is 3. The normalized spacial score (nSPS) is 13.9. The average Bonchev–Trinajstić information content (AvgIpc) is 3.43. The van der Waals surface area contributed by atoms with Crippen LogP contribution in [-0.4, -0.2) is 31.0 Å². The zero-order valence-corrected chi connectivity index (χ0v) is 16.6. The molecule has 1 aromatic carbocycles. The van der Waals surface area contributed by atoms with E-state index < -0.39 is 23.8 Å². The molecule has 4 aromatic rings. The number of nitrogens with two attached hydrogens (primary N) is 1. The molecule has 0 saturated heterocycles. The van der Waals surface area contributed by atoms with Gasteiger partial charge in [-0.15, -0.1) is 0 Å². The number of carbonyl (C=O) groups excluding carboxylic acids is 1. The van der Waals surface area contributed by atoms with E-state index in [1.54, 1.807) is 0 Å². The summed E-state index contributed by atoms with van der Waals surface area (Å²) in [5.41, 5.74) is 5.58. The fourth-order valence-electron chi connectivity index (χ4n) is 3.26. The summed E-state index contributed by atoms with van der Waals surface area (Å²) in [6.45, 7) is 1.50. The van der Waals surface area contributed by atoms with Gasteiger partial charge in [-0.1, -0.05) is 19.3 Å². The van der Waals surface area contributed by atoms with Crippen molar-refractivity contribution >= 4 is 28.8 Å². The minimum absolute atomic E-state index is 0.0623. The molecule has 1 fully saturated rings. The molecular formula is C20H20F3N7O. The Morgan fingerprint density at radius 1 is 1.23 bits per heavy atom. The van der Waals surface area contributed by atoms with Crippen molar-refractivity contribution in [2.24, 2.45) is 5.73 Å². The summed E-state index contributed by atoms with van der Waals surface area (Å²) in [6, 6.07) is -0.824. The fraction of sp³-hybridized carbons (Fsp3) is 0.300. The Labute approximate surface area is 174 Å². The number of hydrogen-bond donors (Lipinski definition) is 3. The van der Waals surface area contributed by atoms with Gasteiger partial charge in [0.25, 0.3) is 6.43 Å². The number of nitrogens with one attached hydrogen (secondary N) is 2. The number of fused-ring (bicyclic) bond motifs is 2. The van der Waals surface area contributed by atoms with E-state index in [4.69, 9.17) is 5.73 Å². The molecule has 3 heterocycles. The van der Waals surface area contributed by atoms with E-state index in [-0.39, 0.29) is 33.5 Å². The number of benzene rings is 1. The molecule has 31 heavy (non-hydrogen) atoms. The minimum atomic E-state index is -3.10. The number of amides is 1. The number of imidazole rings is 1. The third kappa shape index (κ3) is 3.96. The number of hydrogen-bond acceptors (Lipinski definition) is 5. The van der Waals surface area contributed by atoms with Crippen LogP contribution in [0.25, 0.3) is 27.8 Å². The van der Waals surface area contributed by atoms with E-state index in [1.165, 1.54) is 55.4 Å². The van der Waals surface area contributed by atoms with E-state index in [2.05, 4.69) is 25.5 Å². The first kappa shape index (κ1) is 20.8. The van der Waals surface area contributed by atoms with Crippen molar-refractivity contribution in [1.82, 2.24) is 24.6 Å². The maximum Gasteiger partial charge on any atom is 0.267 e. The van der Waals surface area contributed by atoms with Gasteiger partial charge in [-0.3, -0.25) is 14.9 Å². The van der Waals surface area contributed by atoms with Crippen molar-refractivity contribution in [3.05, 3.63) is 41.7 Å². The van der Waals surface area contributed by atoms with Crippen molar-refractivity contribution < 1.29 is 18.0 Å². The van der Waals surface area contributed by atoms with Crippen LogP contribution in [0, 0.1) is 5.82 Å². The van der Waals surface area contributed by atoms with Crippen molar-refractivity contribution in [2.45, 2.75) is 38.7 Å². The summed E-state index contributed by atoms with van der Waals surface area (Å²) in [7, 11) is 0. The van der Waals surface area contributed by atoms with Crippen molar-refractivity contribution in [3.63, 3.8) is 0 Å². The van der Waals surface area contributed by atoms with Gasteiger partial charge >= 0.3 is 0 Å². The quantitative estimate of drug-likeness (QED) is 0.412. The Hall–Kier alpha value is -3.47. The first-order valence-corrected chi connectivity index (χ1v) is 9.69. The predicted molar refractivity (Wildman–Crippen MR) is 109 cm³/mol. The Balaban J connectivity index is 0.000000710. The summed E-state index contributed by atoms with van der Waals surface area (Å²) >= 11 is 0. The zero-order valence-electron chi connectivity index (χ0n) is 16.6. The van der Waals surface area contributed by atoms with Gasteiger partial charge < -0.3 is 15.5 Å². The summed E-state index contributed by atoms with van der Waals surface area (Å²) in [4.78, 5) is 18.8. The highest BCUT2D eigenvalue weighted by molar-refractivity contribution is 5.97. The van der Waals surface area contributed by atoms with Crippen LogP contribution >= 0.6 is 0 Å². The van der Waals surface area contributed by atoms with E-state index in [0.29, 0.717) is 12.1 Å². The van der Waals surface area contributed by atoms with E-state index in [1.807, 2.05) is 0 Å². The number of rotatable bonds is 5. The number of aromatic amines is 1. The number of nitrogens with zero attached hydrogens (tertiary/aromatic N) is 4. The standard InChI is InChI=1S/C17H14F3N7O.C3H6/c1-7(21)12-15(18)14(17(19)20)13(8-2-24-26-16(8)12)9-4-27-5-10(23-6-28)25-11(27)3-22-9;1-2-3-1/h2-7,17H,21H2,1H3,(H,23,28)(H,24,26);1-3H2. The molecule has 1 unspecified atom stereocenters. The first-order chi connectivity index (χ1) is 14.9. The number of anilines is 1. The molecule has 1 atom stereocenters. The highest BCUT2D eigenvalue weighted by Gasteiger charge is 2.29. The molecule has 11 heteroatoms. The smallest absolute Gasteiger partial charge is 0.267 e. The first-order valence-electron chi connectivity index (χ1n) is 9.69. The molecule has 0 radical (unpaired) electrons. The van der Waals surface area contributed by atoms with Crippen LogP contribution in [-0.2, 0) is 4.79 Å². The Kier molecular flexibility index (Phi) is 5.59. The second-order valence-electron chi connectivity index (χ2n) is 7.25. The van der Waals surface area contributed by atoms with Crippen LogP contribution in [0.4, 0.5) is 19.0 Å². The second kappa shape index (κ2) is 8.34. The molecule has 1 saturated carbocycles. The molecule has 0 aliphatic heterocycles. The summed E-state index contributed by atoms with van der Waals surface area (Å²) < 4.78 is 44.3. The largest absolute Gasteiger partial charge is 0.324 e. The molecule has 1 aliphatic carbocycles. The molecule has 1 amide bonds. The molecule has 4 N–H and O–H groups in total. The van der Waals surface area contributed by atoms with Crippen LogP contribution in [0.1, 0.15) is 49.8 Å². The van der Waals surface area contributed by atoms with Crippen molar-refractivity contribution in [2.75, 3.05) is 5.32 Å². The third-order valence-electron chi connectivity index (χ3n) is 4.75. The van der Waals surface area contributed by atoms with Crippen LogP contribution in [0.2, 0.25) is 0 Å². The molecule has 5 rings (SSSR count). The molecule has 162 valence electrons. The zero-order chi connectivity index (χ0) is 22.1. The Bertz CT molecular complexity index is 1240. The van der Waals surface area contributed by atoms with Crippen LogP contribution in [0.5, 0.6) is 0 Å². The van der Waals surface area contributed by atoms with Gasteiger partial charge in [0.1, 0.15) is 5.82 Å². The number of carbonyl (C=O) groups is 1. The SMILES string of the molecule is C1CC1.CC(N)c1c(F)c(C(F)F)c(-c2cn3cc(NC=O)nc3cn2)c2cn[nH]c12. The summed E-state index contributed by atoms with van der Waals surface area (Å²) in [5.74, 6) is -0.831. The van der Waals surface area contributed by atoms with Gasteiger partial charge in [-0.05, 0) is 6.92 Å². The monoisotopic (exact) mass is 431 g/mol. The summed E-state index contributed by atoms with van der Waals surface area (Å²) in [5, 5.41) is 9.18. The molecule has 8 nitrogen and oxygen atoms in total. The summed E-state index contributed by atoms with van der Waals surface area (Å²) in [6.07, 6.45) is 7.44. The number of H-pyrrole nitrogens is 1. The van der Waals surface area contributed by atoms with Crippen LogP contribution < -0.4 is 11.1 Å². The molecule has 3 aromatic heterocycles. The van der Waals surface area contributed by atoms with Gasteiger partial charge in [-0.25, -0.2) is 18.2 Å². The van der Waals surface area contributed by atoms with Crippen molar-refractivity contribution in [1.29, 1.82) is 0 Å². The lowest BCUT2D eigenvalue weighted by atomic mass is 9.93. The Morgan fingerprint density at radius 3 is 2.58 bits per heavy atom. The van der Waals surface area contributed by atoms with Crippen LogP contribution in [0.15, 0.2) is 24.8 Å². The lowest BCUT2D eigenvalue weighted by Crippen LogP contribution is -2.12. The maximum atomic E-state index is 15.0. The van der Waals surface area contributed by atoms with Crippen molar-refractivity contribution in [3.8, 4) is 11.3 Å². The van der Waals surface area contributed by atoms with Gasteiger partial charge in [0, 0.05) is 28.8 Å². The second-order valence-corrected chi connectivity index (χ2v) is 7.25.